The maximum Gasteiger partial charge on any atom is 0.326 e. The van der Waals surface area contributed by atoms with Gasteiger partial charge in [0.05, 0.1) is 6.04 Å². The fourth-order valence-electron chi connectivity index (χ4n) is 1.80. The Labute approximate surface area is 136 Å². The molecular weight excluding hydrogens is 306 g/mol. The first-order valence-electron chi connectivity index (χ1n) is 7.35. The Morgan fingerprint density at radius 1 is 1.09 bits per heavy atom. The summed E-state index contributed by atoms with van der Waals surface area (Å²) in [6, 6.07) is -2.65. The summed E-state index contributed by atoms with van der Waals surface area (Å²) in [6.07, 6.45) is 0.647. The van der Waals surface area contributed by atoms with Crippen LogP contribution in [-0.2, 0) is 14.4 Å². The Morgan fingerprint density at radius 2 is 1.59 bits per heavy atom. The van der Waals surface area contributed by atoms with Crippen LogP contribution in [0.15, 0.2) is 0 Å². The molecule has 0 rings (SSSR count). The summed E-state index contributed by atoms with van der Waals surface area (Å²) in [7, 11) is 0. The van der Waals surface area contributed by atoms with Crippen molar-refractivity contribution in [3.05, 3.63) is 0 Å². The number of aliphatic carboxylic acids is 1. The third kappa shape index (κ3) is 6.23. The van der Waals surface area contributed by atoms with Gasteiger partial charge in [0.25, 0.3) is 0 Å². The molecule has 0 spiro atoms. The van der Waals surface area contributed by atoms with Gasteiger partial charge in [-0.25, -0.2) is 4.79 Å². The van der Waals surface area contributed by atoms with E-state index < -0.39 is 35.9 Å². The summed E-state index contributed by atoms with van der Waals surface area (Å²) in [5, 5.41) is 14.2. The van der Waals surface area contributed by atoms with E-state index >= 15 is 0 Å². The van der Waals surface area contributed by atoms with Crippen molar-refractivity contribution in [3.8, 4) is 0 Å². The molecule has 4 atom stereocenters. The number of carboxylic acid groups (broad SMARTS) is 1. The fourth-order valence-corrected chi connectivity index (χ4v) is 1.97. The minimum Gasteiger partial charge on any atom is -0.480 e. The number of carboxylic acids is 1. The largest absolute Gasteiger partial charge is 0.480 e. The highest BCUT2D eigenvalue weighted by Gasteiger charge is 2.31. The van der Waals surface area contributed by atoms with E-state index in [-0.39, 0.29) is 17.6 Å². The van der Waals surface area contributed by atoms with Crippen LogP contribution in [0, 0.1) is 11.8 Å². The van der Waals surface area contributed by atoms with Crippen LogP contribution in [0.25, 0.3) is 0 Å². The predicted molar refractivity (Wildman–Crippen MR) is 87.6 cm³/mol. The molecule has 22 heavy (non-hydrogen) atoms. The normalized spacial score (nSPS) is 16.5. The number of rotatable bonds is 9. The van der Waals surface area contributed by atoms with E-state index in [2.05, 4.69) is 23.3 Å². The summed E-state index contributed by atoms with van der Waals surface area (Å²) in [4.78, 5) is 35.4. The second kappa shape index (κ2) is 9.68. The summed E-state index contributed by atoms with van der Waals surface area (Å²) < 4.78 is 0. The Balaban J connectivity index is 5.06. The molecule has 0 bridgehead atoms. The number of nitrogens with two attached hydrogens (primary N) is 1. The lowest BCUT2D eigenvalue weighted by atomic mass is 9.96. The maximum atomic E-state index is 12.4. The topological polar surface area (TPSA) is 122 Å². The van der Waals surface area contributed by atoms with E-state index in [4.69, 9.17) is 10.8 Å². The fraction of sp³-hybridized carbons (Fsp3) is 0.786. The summed E-state index contributed by atoms with van der Waals surface area (Å²) in [5.74, 6) is -2.37. The van der Waals surface area contributed by atoms with E-state index in [1.165, 1.54) is 0 Å². The molecule has 0 aromatic heterocycles. The lowest BCUT2D eigenvalue weighted by molar-refractivity contribution is -0.143. The average Bonchev–Trinajstić information content (AvgIpc) is 2.47. The van der Waals surface area contributed by atoms with Gasteiger partial charge in [0.2, 0.25) is 11.8 Å². The third-order valence-electron chi connectivity index (χ3n) is 3.56. The summed E-state index contributed by atoms with van der Waals surface area (Å²) in [6.45, 7) is 7.09. The molecular formula is C14H27N3O4S. The smallest absolute Gasteiger partial charge is 0.326 e. The number of amides is 2. The highest BCUT2D eigenvalue weighted by molar-refractivity contribution is 7.80. The lowest BCUT2D eigenvalue weighted by Gasteiger charge is -2.27. The van der Waals surface area contributed by atoms with Gasteiger partial charge >= 0.3 is 5.97 Å². The molecule has 0 aliphatic rings. The standard InChI is InChI=1S/C14H27N3O4S/c1-5-8(4)11(17-12(18)9(15)6-22)13(19)16-10(7(2)3)14(20)21/h7-11,22H,5-6,15H2,1-4H3,(H,16,19)(H,17,18)(H,20,21). The number of nitrogens with one attached hydrogen (secondary N) is 2. The molecule has 0 aromatic rings. The second-order valence-corrected chi connectivity index (χ2v) is 6.09. The minimum atomic E-state index is -1.11. The molecule has 0 fully saturated rings. The van der Waals surface area contributed by atoms with E-state index in [1.54, 1.807) is 13.8 Å². The summed E-state index contributed by atoms with van der Waals surface area (Å²) in [5.41, 5.74) is 5.59. The number of carbonyl (C=O) groups is 3. The highest BCUT2D eigenvalue weighted by atomic mass is 32.1. The van der Waals surface area contributed by atoms with E-state index in [0.29, 0.717) is 6.42 Å². The molecule has 4 unspecified atom stereocenters. The van der Waals surface area contributed by atoms with Gasteiger partial charge < -0.3 is 21.5 Å². The van der Waals surface area contributed by atoms with Gasteiger partial charge in [0, 0.05) is 5.75 Å². The Morgan fingerprint density at radius 3 is 1.95 bits per heavy atom. The van der Waals surface area contributed by atoms with E-state index in [9.17, 15) is 14.4 Å². The molecule has 2 amide bonds. The molecule has 0 aromatic carbocycles. The van der Waals surface area contributed by atoms with Crippen LogP contribution in [0.5, 0.6) is 0 Å². The molecule has 0 radical (unpaired) electrons. The first-order valence-corrected chi connectivity index (χ1v) is 7.98. The van der Waals surface area contributed by atoms with Crippen LogP contribution in [-0.4, -0.2) is 46.8 Å². The van der Waals surface area contributed by atoms with Gasteiger partial charge in [-0.3, -0.25) is 9.59 Å². The monoisotopic (exact) mass is 333 g/mol. The van der Waals surface area contributed by atoms with Crippen molar-refractivity contribution in [2.45, 2.75) is 52.2 Å². The van der Waals surface area contributed by atoms with Gasteiger partial charge in [0.15, 0.2) is 0 Å². The van der Waals surface area contributed by atoms with Gasteiger partial charge in [0.1, 0.15) is 12.1 Å². The van der Waals surface area contributed by atoms with Gasteiger partial charge in [-0.1, -0.05) is 34.1 Å². The Kier molecular flexibility index (Phi) is 9.12. The van der Waals surface area contributed by atoms with Crippen molar-refractivity contribution in [2.24, 2.45) is 17.6 Å². The van der Waals surface area contributed by atoms with Crippen molar-refractivity contribution in [2.75, 3.05) is 5.75 Å². The quantitative estimate of drug-likeness (QED) is 0.380. The molecule has 128 valence electrons. The zero-order valence-electron chi connectivity index (χ0n) is 13.5. The SMILES string of the molecule is CCC(C)C(NC(=O)C(N)CS)C(=O)NC(C(=O)O)C(C)C. The van der Waals surface area contributed by atoms with E-state index in [0.717, 1.165) is 0 Å². The van der Waals surface area contributed by atoms with Crippen LogP contribution in [0.4, 0.5) is 0 Å². The number of hydrogen-bond donors (Lipinski definition) is 5. The summed E-state index contributed by atoms with van der Waals surface area (Å²) >= 11 is 3.95. The van der Waals surface area contributed by atoms with Crippen LogP contribution < -0.4 is 16.4 Å². The maximum absolute atomic E-state index is 12.4. The molecule has 0 saturated heterocycles. The predicted octanol–water partition coefficient (Wildman–Crippen LogP) is -0.000200. The molecule has 0 saturated carbocycles. The third-order valence-corrected chi connectivity index (χ3v) is 3.95. The second-order valence-electron chi connectivity index (χ2n) is 5.73. The molecule has 5 N–H and O–H groups in total. The van der Waals surface area contributed by atoms with Crippen molar-refractivity contribution in [1.82, 2.24) is 10.6 Å². The van der Waals surface area contributed by atoms with Crippen molar-refractivity contribution in [3.63, 3.8) is 0 Å². The molecule has 0 aliphatic heterocycles. The Hall–Kier alpha value is -1.28. The number of thiol groups is 1. The van der Waals surface area contributed by atoms with Gasteiger partial charge in [-0.05, 0) is 11.8 Å². The Bertz CT molecular complexity index is 404. The van der Waals surface area contributed by atoms with Gasteiger partial charge in [-0.2, -0.15) is 12.6 Å². The lowest BCUT2D eigenvalue weighted by Crippen LogP contribution is -2.57. The molecule has 8 heteroatoms. The highest BCUT2D eigenvalue weighted by Crippen LogP contribution is 2.10. The van der Waals surface area contributed by atoms with Crippen LogP contribution in [0.3, 0.4) is 0 Å². The first kappa shape index (κ1) is 20.7. The number of carbonyl (C=O) groups excluding carboxylic acids is 2. The zero-order chi connectivity index (χ0) is 17.4. The molecule has 0 aliphatic carbocycles. The van der Waals surface area contributed by atoms with Crippen molar-refractivity contribution < 1.29 is 19.5 Å². The number of hydrogen-bond acceptors (Lipinski definition) is 5. The van der Waals surface area contributed by atoms with E-state index in [1.807, 2.05) is 13.8 Å². The molecule has 7 nitrogen and oxygen atoms in total. The average molecular weight is 333 g/mol. The first-order chi connectivity index (χ1) is 10.1. The van der Waals surface area contributed by atoms with Crippen LogP contribution >= 0.6 is 12.6 Å². The zero-order valence-corrected chi connectivity index (χ0v) is 14.4. The van der Waals surface area contributed by atoms with Crippen molar-refractivity contribution >= 4 is 30.4 Å². The van der Waals surface area contributed by atoms with Crippen LogP contribution in [0.2, 0.25) is 0 Å². The minimum absolute atomic E-state index is 0.155. The van der Waals surface area contributed by atoms with Gasteiger partial charge in [-0.15, -0.1) is 0 Å². The van der Waals surface area contributed by atoms with Crippen LogP contribution in [0.1, 0.15) is 34.1 Å². The molecule has 0 heterocycles. The van der Waals surface area contributed by atoms with Crippen molar-refractivity contribution in [1.29, 1.82) is 0 Å².